The van der Waals surface area contributed by atoms with Crippen LogP contribution >= 0.6 is 23.1 Å². The minimum Gasteiger partial charge on any atom is -0.363 e. The highest BCUT2D eigenvalue weighted by Gasteiger charge is 2.17. The molecule has 0 aliphatic carbocycles. The monoisotopic (exact) mass is 312 g/mol. The van der Waals surface area contributed by atoms with E-state index in [0.29, 0.717) is 15.2 Å². The van der Waals surface area contributed by atoms with Crippen molar-refractivity contribution in [3.8, 4) is 0 Å². The molecule has 0 radical (unpaired) electrons. The van der Waals surface area contributed by atoms with Crippen molar-refractivity contribution in [1.29, 1.82) is 0 Å². The zero-order valence-electron chi connectivity index (χ0n) is 10.9. The Hall–Kier alpha value is -1.67. The van der Waals surface area contributed by atoms with Crippen LogP contribution in [0.4, 0.5) is 15.2 Å². The van der Waals surface area contributed by atoms with Gasteiger partial charge in [0.15, 0.2) is 4.34 Å². The highest BCUT2D eigenvalue weighted by atomic mass is 32.2. The van der Waals surface area contributed by atoms with E-state index in [0.717, 1.165) is 0 Å². The second-order valence-electron chi connectivity index (χ2n) is 3.88. The van der Waals surface area contributed by atoms with E-state index >= 15 is 0 Å². The number of thioether (sulfide) groups is 1. The second-order valence-corrected chi connectivity index (χ2v) is 6.45. The number of rotatable bonds is 5. The third-order valence-corrected chi connectivity index (χ3v) is 4.48. The molecule has 0 saturated carbocycles. The van der Waals surface area contributed by atoms with Gasteiger partial charge in [-0.1, -0.05) is 29.2 Å². The first kappa shape index (κ1) is 14.7. The van der Waals surface area contributed by atoms with Crippen molar-refractivity contribution < 1.29 is 9.18 Å². The third-order valence-electron chi connectivity index (χ3n) is 2.36. The molecular formula is C12H13FN4OS2. The van der Waals surface area contributed by atoms with Gasteiger partial charge >= 0.3 is 0 Å². The number of halogens is 1. The van der Waals surface area contributed by atoms with Crippen LogP contribution in [-0.4, -0.2) is 28.4 Å². The standard InChI is InChI=1S/C12H13FN4OS2/c1-7(19-12-17-16-11(14-2)20-12)10(18)15-9-5-3-4-8(13)6-9/h3-7H,1-2H3,(H,14,16)(H,15,18)/t7-/m1/s1. The predicted octanol–water partition coefficient (Wildman–Crippen LogP) is 2.84. The zero-order chi connectivity index (χ0) is 14.5. The number of hydrogen-bond acceptors (Lipinski definition) is 6. The Balaban J connectivity index is 1.95. The highest BCUT2D eigenvalue weighted by Crippen LogP contribution is 2.29. The molecule has 0 bridgehead atoms. The van der Waals surface area contributed by atoms with Crippen LogP contribution in [0, 0.1) is 5.82 Å². The van der Waals surface area contributed by atoms with Gasteiger partial charge in [-0.15, -0.1) is 10.2 Å². The summed E-state index contributed by atoms with van der Waals surface area (Å²) < 4.78 is 13.7. The zero-order valence-corrected chi connectivity index (χ0v) is 12.5. The molecule has 2 rings (SSSR count). The van der Waals surface area contributed by atoms with E-state index in [-0.39, 0.29) is 17.0 Å². The summed E-state index contributed by atoms with van der Waals surface area (Å²) in [5.74, 6) is -0.590. The summed E-state index contributed by atoms with van der Waals surface area (Å²) >= 11 is 2.69. The van der Waals surface area contributed by atoms with Crippen LogP contribution in [0.1, 0.15) is 6.92 Å². The maximum atomic E-state index is 13.0. The lowest BCUT2D eigenvalue weighted by Gasteiger charge is -2.10. The number of anilines is 2. The van der Waals surface area contributed by atoms with E-state index in [1.54, 1.807) is 26.1 Å². The number of carbonyl (C=O) groups is 1. The summed E-state index contributed by atoms with van der Waals surface area (Å²) in [6, 6.07) is 5.79. The van der Waals surface area contributed by atoms with Gasteiger partial charge < -0.3 is 10.6 Å². The molecule has 20 heavy (non-hydrogen) atoms. The Morgan fingerprint density at radius 3 is 2.90 bits per heavy atom. The van der Waals surface area contributed by atoms with Crippen LogP contribution in [0.3, 0.4) is 0 Å². The number of aromatic nitrogens is 2. The van der Waals surface area contributed by atoms with Crippen molar-refractivity contribution in [2.24, 2.45) is 0 Å². The minimum absolute atomic E-state index is 0.207. The number of carbonyl (C=O) groups excluding carboxylic acids is 1. The van der Waals surface area contributed by atoms with Crippen LogP contribution in [0.2, 0.25) is 0 Å². The maximum Gasteiger partial charge on any atom is 0.237 e. The first-order valence-electron chi connectivity index (χ1n) is 5.83. The molecule has 5 nitrogen and oxygen atoms in total. The van der Waals surface area contributed by atoms with Crippen LogP contribution in [0.5, 0.6) is 0 Å². The number of nitrogens with one attached hydrogen (secondary N) is 2. The van der Waals surface area contributed by atoms with Crippen LogP contribution in [0.25, 0.3) is 0 Å². The Morgan fingerprint density at radius 2 is 2.25 bits per heavy atom. The quantitative estimate of drug-likeness (QED) is 0.831. The van der Waals surface area contributed by atoms with Crippen LogP contribution in [0.15, 0.2) is 28.6 Å². The molecule has 0 spiro atoms. The van der Waals surface area contributed by atoms with E-state index in [4.69, 9.17) is 0 Å². The molecule has 0 unspecified atom stereocenters. The van der Waals surface area contributed by atoms with Crippen molar-refractivity contribution in [1.82, 2.24) is 10.2 Å². The molecule has 2 aromatic rings. The number of benzene rings is 1. The summed E-state index contributed by atoms with van der Waals surface area (Å²) in [5.41, 5.74) is 0.440. The van der Waals surface area contributed by atoms with Gasteiger partial charge in [-0.25, -0.2) is 4.39 Å². The molecule has 0 aliphatic rings. The molecule has 106 valence electrons. The lowest BCUT2D eigenvalue weighted by molar-refractivity contribution is -0.115. The minimum atomic E-state index is -0.383. The summed E-state index contributed by atoms with van der Waals surface area (Å²) in [5, 5.41) is 13.8. The largest absolute Gasteiger partial charge is 0.363 e. The number of hydrogen-bond donors (Lipinski definition) is 2. The topological polar surface area (TPSA) is 66.9 Å². The van der Waals surface area contributed by atoms with Crippen molar-refractivity contribution in [2.45, 2.75) is 16.5 Å². The molecule has 1 aromatic carbocycles. The van der Waals surface area contributed by atoms with E-state index in [2.05, 4.69) is 20.8 Å². The first-order valence-corrected chi connectivity index (χ1v) is 7.52. The van der Waals surface area contributed by atoms with Crippen molar-refractivity contribution in [3.63, 3.8) is 0 Å². The third kappa shape index (κ3) is 3.91. The van der Waals surface area contributed by atoms with Crippen molar-refractivity contribution in [3.05, 3.63) is 30.1 Å². The number of nitrogens with zero attached hydrogens (tertiary/aromatic N) is 2. The SMILES string of the molecule is CNc1nnc(S[C@H](C)C(=O)Nc2cccc(F)c2)s1. The van der Waals surface area contributed by atoms with Crippen molar-refractivity contribution in [2.75, 3.05) is 17.7 Å². The Kier molecular flexibility index (Phi) is 4.91. The Labute approximate surface area is 124 Å². The fourth-order valence-corrected chi connectivity index (χ4v) is 3.22. The fourth-order valence-electron chi connectivity index (χ4n) is 1.37. The van der Waals surface area contributed by atoms with Gasteiger partial charge in [-0.2, -0.15) is 0 Å². The van der Waals surface area contributed by atoms with Gasteiger partial charge in [-0.3, -0.25) is 4.79 Å². The van der Waals surface area contributed by atoms with Gasteiger partial charge in [-0.05, 0) is 25.1 Å². The van der Waals surface area contributed by atoms with E-state index in [1.807, 2.05) is 0 Å². The molecule has 1 amide bonds. The second kappa shape index (κ2) is 6.67. The summed E-state index contributed by atoms with van der Waals surface area (Å²) in [6.45, 7) is 1.76. The lowest BCUT2D eigenvalue weighted by Crippen LogP contribution is -2.22. The van der Waals surface area contributed by atoms with E-state index < -0.39 is 0 Å². The molecule has 1 heterocycles. The first-order chi connectivity index (χ1) is 9.58. The van der Waals surface area contributed by atoms with Gasteiger partial charge in [0, 0.05) is 12.7 Å². The van der Waals surface area contributed by atoms with Gasteiger partial charge in [0.05, 0.1) is 5.25 Å². The average Bonchev–Trinajstić information content (AvgIpc) is 2.86. The Bertz CT molecular complexity index is 605. The molecule has 1 atom stereocenters. The van der Waals surface area contributed by atoms with E-state index in [1.165, 1.54) is 35.2 Å². The van der Waals surface area contributed by atoms with Crippen molar-refractivity contribution >= 4 is 39.8 Å². The summed E-state index contributed by atoms with van der Waals surface area (Å²) in [7, 11) is 1.76. The molecule has 2 N–H and O–H groups in total. The Morgan fingerprint density at radius 1 is 1.45 bits per heavy atom. The smallest absolute Gasteiger partial charge is 0.237 e. The normalized spacial score (nSPS) is 11.9. The molecular weight excluding hydrogens is 299 g/mol. The molecule has 0 aliphatic heterocycles. The highest BCUT2D eigenvalue weighted by molar-refractivity contribution is 8.02. The van der Waals surface area contributed by atoms with Crippen LogP contribution in [-0.2, 0) is 4.79 Å². The molecule has 0 fully saturated rings. The number of amides is 1. The average molecular weight is 312 g/mol. The molecule has 8 heteroatoms. The summed E-state index contributed by atoms with van der Waals surface area (Å²) in [6.07, 6.45) is 0. The van der Waals surface area contributed by atoms with Crippen LogP contribution < -0.4 is 10.6 Å². The van der Waals surface area contributed by atoms with E-state index in [9.17, 15) is 9.18 Å². The maximum absolute atomic E-state index is 13.0. The predicted molar refractivity (Wildman–Crippen MR) is 79.8 cm³/mol. The van der Waals surface area contributed by atoms with Gasteiger partial charge in [0.25, 0.3) is 0 Å². The van der Waals surface area contributed by atoms with Gasteiger partial charge in [0.1, 0.15) is 5.82 Å². The van der Waals surface area contributed by atoms with Gasteiger partial charge in [0.2, 0.25) is 11.0 Å². The molecule has 1 aromatic heterocycles. The lowest BCUT2D eigenvalue weighted by atomic mass is 10.3. The summed E-state index contributed by atoms with van der Waals surface area (Å²) in [4.78, 5) is 12.0. The fraction of sp³-hybridized carbons (Fsp3) is 0.250. The molecule has 0 saturated heterocycles.